The fourth-order valence-electron chi connectivity index (χ4n) is 2.03. The van der Waals surface area contributed by atoms with Crippen molar-refractivity contribution in [3.63, 3.8) is 0 Å². The molecule has 0 bridgehead atoms. The summed E-state index contributed by atoms with van der Waals surface area (Å²) in [5, 5.41) is 5.43. The fraction of sp³-hybridized carbons (Fsp3) is 0.500. The van der Waals surface area contributed by atoms with Crippen LogP contribution in [0.15, 0.2) is 18.2 Å². The molecule has 8 heteroatoms. The minimum Gasteiger partial charge on any atom is -0.492 e. The quantitative estimate of drug-likeness (QED) is 0.892. The highest BCUT2D eigenvalue weighted by molar-refractivity contribution is 5.95. The van der Waals surface area contributed by atoms with E-state index >= 15 is 0 Å². The number of alkyl halides is 3. The molecule has 0 spiro atoms. The van der Waals surface area contributed by atoms with Gasteiger partial charge in [-0.1, -0.05) is 0 Å². The largest absolute Gasteiger partial charge is 0.492 e. The lowest BCUT2D eigenvalue weighted by Crippen LogP contribution is -2.45. The average Bonchev–Trinajstić information content (AvgIpc) is 2.49. The van der Waals surface area contributed by atoms with Gasteiger partial charge in [0.1, 0.15) is 11.9 Å². The van der Waals surface area contributed by atoms with Crippen molar-refractivity contribution in [2.45, 2.75) is 19.2 Å². The second-order valence-electron chi connectivity index (χ2n) is 4.69. The van der Waals surface area contributed by atoms with Crippen molar-refractivity contribution < 1.29 is 27.4 Å². The molecule has 122 valence electrons. The van der Waals surface area contributed by atoms with Crippen LogP contribution in [0, 0.1) is 0 Å². The van der Waals surface area contributed by atoms with E-state index in [1.54, 1.807) is 6.92 Å². The van der Waals surface area contributed by atoms with E-state index in [0.29, 0.717) is 19.7 Å². The first-order valence-electron chi connectivity index (χ1n) is 6.89. The highest BCUT2D eigenvalue weighted by Crippen LogP contribution is 2.35. The molecule has 1 aromatic rings. The third-order valence-corrected chi connectivity index (χ3v) is 3.08. The first kappa shape index (κ1) is 16.6. The van der Waals surface area contributed by atoms with Gasteiger partial charge in [-0.05, 0) is 25.1 Å². The molecule has 1 saturated heterocycles. The van der Waals surface area contributed by atoms with Crippen LogP contribution in [0.4, 0.5) is 18.9 Å². The van der Waals surface area contributed by atoms with Crippen molar-refractivity contribution >= 4 is 11.6 Å². The number of morpholine rings is 1. The van der Waals surface area contributed by atoms with E-state index < -0.39 is 23.8 Å². The molecule has 1 amide bonds. The van der Waals surface area contributed by atoms with Gasteiger partial charge >= 0.3 is 6.18 Å². The topological polar surface area (TPSA) is 59.6 Å². The van der Waals surface area contributed by atoms with Crippen LogP contribution in [0.2, 0.25) is 0 Å². The summed E-state index contributed by atoms with van der Waals surface area (Å²) in [4.78, 5) is 12.1. The molecule has 1 fully saturated rings. The van der Waals surface area contributed by atoms with Gasteiger partial charge in [0.15, 0.2) is 0 Å². The molecule has 1 aliphatic heterocycles. The number of hydrogen-bond donors (Lipinski definition) is 2. The van der Waals surface area contributed by atoms with E-state index in [-0.39, 0.29) is 18.0 Å². The average molecular weight is 318 g/mol. The number of carbonyl (C=O) groups excluding carboxylic acids is 1. The second kappa shape index (κ2) is 6.97. The van der Waals surface area contributed by atoms with E-state index in [1.165, 1.54) is 6.07 Å². The van der Waals surface area contributed by atoms with Crippen LogP contribution in [0.5, 0.6) is 5.75 Å². The molecule has 0 radical (unpaired) electrons. The normalized spacial score (nSPS) is 18.8. The summed E-state index contributed by atoms with van der Waals surface area (Å²) in [7, 11) is 0. The first-order valence-corrected chi connectivity index (χ1v) is 6.89. The van der Waals surface area contributed by atoms with Crippen molar-refractivity contribution in [1.82, 2.24) is 5.32 Å². The minimum atomic E-state index is -4.49. The maximum Gasteiger partial charge on any atom is 0.416 e. The highest BCUT2D eigenvalue weighted by Gasteiger charge is 2.32. The standard InChI is InChI=1S/C14H17F3N2O3/c1-2-21-11-4-3-9(14(15,16)17)7-10(11)19-13(20)12-8-18-5-6-22-12/h3-4,7,12,18H,2,5-6,8H2,1H3,(H,19,20). The number of ether oxygens (including phenoxy) is 2. The van der Waals surface area contributed by atoms with E-state index in [1.807, 2.05) is 0 Å². The van der Waals surface area contributed by atoms with Crippen molar-refractivity contribution in [3.8, 4) is 5.75 Å². The summed E-state index contributed by atoms with van der Waals surface area (Å²) in [6, 6.07) is 2.97. The molecular weight excluding hydrogens is 301 g/mol. The molecule has 0 saturated carbocycles. The van der Waals surface area contributed by atoms with Crippen molar-refractivity contribution in [2.75, 3.05) is 31.6 Å². The Bertz CT molecular complexity index is 529. The van der Waals surface area contributed by atoms with Gasteiger partial charge in [0, 0.05) is 13.1 Å². The molecule has 5 nitrogen and oxygen atoms in total. The Morgan fingerprint density at radius 2 is 2.27 bits per heavy atom. The zero-order valence-corrected chi connectivity index (χ0v) is 12.0. The maximum atomic E-state index is 12.8. The molecule has 22 heavy (non-hydrogen) atoms. The minimum absolute atomic E-state index is 0.0177. The third-order valence-electron chi connectivity index (χ3n) is 3.08. The Labute approximate surface area is 125 Å². The molecule has 0 aromatic heterocycles. The van der Waals surface area contributed by atoms with Crippen molar-refractivity contribution in [1.29, 1.82) is 0 Å². The zero-order valence-electron chi connectivity index (χ0n) is 12.0. The Hall–Kier alpha value is -1.80. The van der Waals surface area contributed by atoms with Gasteiger partial charge < -0.3 is 20.1 Å². The summed E-state index contributed by atoms with van der Waals surface area (Å²) in [6.07, 6.45) is -5.23. The summed E-state index contributed by atoms with van der Waals surface area (Å²) < 4.78 is 48.9. The van der Waals surface area contributed by atoms with Crippen LogP contribution >= 0.6 is 0 Å². The number of benzene rings is 1. The monoisotopic (exact) mass is 318 g/mol. The summed E-state index contributed by atoms with van der Waals surface area (Å²) in [5.41, 5.74) is -0.871. The highest BCUT2D eigenvalue weighted by atomic mass is 19.4. The lowest BCUT2D eigenvalue weighted by atomic mass is 10.1. The van der Waals surface area contributed by atoms with Gasteiger partial charge in [-0.15, -0.1) is 0 Å². The molecule has 1 heterocycles. The zero-order chi connectivity index (χ0) is 16.2. The SMILES string of the molecule is CCOc1ccc(C(F)(F)F)cc1NC(=O)C1CNCCO1. The lowest BCUT2D eigenvalue weighted by molar-refractivity contribution is -0.137. The third kappa shape index (κ3) is 4.11. The van der Waals surface area contributed by atoms with Gasteiger partial charge in [-0.2, -0.15) is 13.2 Å². The number of carbonyl (C=O) groups is 1. The molecular formula is C14H17F3N2O3. The number of nitrogens with one attached hydrogen (secondary N) is 2. The predicted octanol–water partition coefficient (Wildman–Crippen LogP) is 2.03. The lowest BCUT2D eigenvalue weighted by Gasteiger charge is -2.23. The molecule has 2 rings (SSSR count). The molecule has 1 unspecified atom stereocenters. The van der Waals surface area contributed by atoms with Crippen LogP contribution in [-0.4, -0.2) is 38.3 Å². The van der Waals surface area contributed by atoms with Gasteiger partial charge in [0.05, 0.1) is 24.5 Å². The first-order chi connectivity index (χ1) is 10.4. The Morgan fingerprint density at radius 1 is 1.50 bits per heavy atom. The van der Waals surface area contributed by atoms with Crippen molar-refractivity contribution in [2.24, 2.45) is 0 Å². The smallest absolute Gasteiger partial charge is 0.416 e. The molecule has 1 aromatic carbocycles. The maximum absolute atomic E-state index is 12.8. The summed E-state index contributed by atoms with van der Waals surface area (Å²) in [6.45, 7) is 3.30. The van der Waals surface area contributed by atoms with E-state index in [9.17, 15) is 18.0 Å². The van der Waals surface area contributed by atoms with Crippen LogP contribution in [0.1, 0.15) is 12.5 Å². The second-order valence-corrected chi connectivity index (χ2v) is 4.69. The van der Waals surface area contributed by atoms with Gasteiger partial charge in [0.25, 0.3) is 5.91 Å². The summed E-state index contributed by atoms with van der Waals surface area (Å²) >= 11 is 0. The molecule has 1 atom stereocenters. The van der Waals surface area contributed by atoms with Gasteiger partial charge in [0.2, 0.25) is 0 Å². The summed E-state index contributed by atoms with van der Waals surface area (Å²) in [5.74, 6) is -0.319. The number of anilines is 1. The number of rotatable bonds is 4. The molecule has 2 N–H and O–H groups in total. The van der Waals surface area contributed by atoms with Crippen LogP contribution in [0.25, 0.3) is 0 Å². The van der Waals surface area contributed by atoms with Gasteiger partial charge in [-0.25, -0.2) is 0 Å². The number of halogens is 3. The van der Waals surface area contributed by atoms with Crippen LogP contribution < -0.4 is 15.4 Å². The number of hydrogen-bond acceptors (Lipinski definition) is 4. The van der Waals surface area contributed by atoms with E-state index in [0.717, 1.165) is 12.1 Å². The fourth-order valence-corrected chi connectivity index (χ4v) is 2.03. The van der Waals surface area contributed by atoms with E-state index in [4.69, 9.17) is 9.47 Å². The predicted molar refractivity (Wildman–Crippen MR) is 73.9 cm³/mol. The Balaban J connectivity index is 2.20. The van der Waals surface area contributed by atoms with E-state index in [2.05, 4.69) is 10.6 Å². The van der Waals surface area contributed by atoms with Crippen molar-refractivity contribution in [3.05, 3.63) is 23.8 Å². The Kier molecular flexibility index (Phi) is 5.25. The number of amides is 1. The van der Waals surface area contributed by atoms with Crippen LogP contribution in [0.3, 0.4) is 0 Å². The Morgan fingerprint density at radius 3 is 2.86 bits per heavy atom. The van der Waals surface area contributed by atoms with Crippen LogP contribution in [-0.2, 0) is 15.7 Å². The van der Waals surface area contributed by atoms with Gasteiger partial charge in [-0.3, -0.25) is 4.79 Å². The molecule has 1 aliphatic rings. The molecule has 0 aliphatic carbocycles.